The molecule has 0 aromatic heterocycles. The van der Waals surface area contributed by atoms with Gasteiger partial charge in [-0.3, -0.25) is 4.79 Å². The lowest BCUT2D eigenvalue weighted by Crippen LogP contribution is -2.41. The summed E-state index contributed by atoms with van der Waals surface area (Å²) in [4.78, 5) is 14.5. The Morgan fingerprint density at radius 3 is 2.41 bits per heavy atom. The van der Waals surface area contributed by atoms with Gasteiger partial charge >= 0.3 is 0 Å². The molecule has 0 saturated carbocycles. The summed E-state index contributed by atoms with van der Waals surface area (Å²) in [7, 11) is -1.68. The summed E-state index contributed by atoms with van der Waals surface area (Å²) in [6, 6.07) is 16.6. The van der Waals surface area contributed by atoms with Gasteiger partial charge in [0.1, 0.15) is 5.75 Å². The summed E-state index contributed by atoms with van der Waals surface area (Å²) in [5.74, 6) is 0.524. The van der Waals surface area contributed by atoms with Gasteiger partial charge in [-0.1, -0.05) is 30.3 Å². The van der Waals surface area contributed by atoms with Gasteiger partial charge in [0.05, 0.1) is 18.9 Å². The topological polar surface area (TPSA) is 63.7 Å². The predicted molar refractivity (Wildman–Crippen MR) is 107 cm³/mol. The second-order valence-corrected chi connectivity index (χ2v) is 8.46. The van der Waals surface area contributed by atoms with Crippen molar-refractivity contribution in [1.82, 2.24) is 0 Å². The third-order valence-electron chi connectivity index (χ3n) is 4.56. The molecule has 1 aliphatic heterocycles. The average Bonchev–Trinajstić information content (AvgIpc) is 3.03. The summed E-state index contributed by atoms with van der Waals surface area (Å²) < 4.78 is 28.9. The van der Waals surface area contributed by atoms with Crippen LogP contribution in [0.25, 0.3) is 0 Å². The molecule has 0 N–H and O–H groups in total. The van der Waals surface area contributed by atoms with Crippen LogP contribution in [0.5, 0.6) is 5.75 Å². The van der Waals surface area contributed by atoms with Gasteiger partial charge in [-0.25, -0.2) is 8.42 Å². The summed E-state index contributed by atoms with van der Waals surface area (Å²) in [6.45, 7) is 0. The molecule has 2 aromatic carbocycles. The quantitative estimate of drug-likeness (QED) is 0.733. The van der Waals surface area contributed by atoms with Gasteiger partial charge in [-0.15, -0.1) is 0 Å². The molecule has 1 aliphatic rings. The summed E-state index contributed by atoms with van der Waals surface area (Å²) in [6.07, 6.45) is 3.46. The van der Waals surface area contributed by atoms with Gasteiger partial charge < -0.3 is 9.64 Å². The van der Waals surface area contributed by atoms with E-state index in [9.17, 15) is 13.2 Å². The zero-order valence-corrected chi connectivity index (χ0v) is 16.1. The molecule has 27 heavy (non-hydrogen) atoms. The Balaban J connectivity index is 1.74. The predicted octanol–water partition coefficient (Wildman–Crippen LogP) is 3.36. The maximum atomic E-state index is 13.0. The third-order valence-corrected chi connectivity index (χ3v) is 5.94. The van der Waals surface area contributed by atoms with Gasteiger partial charge in [-0.05, 0) is 48.7 Å². The standard InChI is InChI=1S/C21H23NO4S/c1-26-20-12-10-18(11-13-20)22(19-14-15-27(24,25)16-19)21(23)9-5-8-17-6-3-2-4-7-17/h2-4,6-7,10-15,19H,5,8-9,16H2,1H3. The van der Waals surface area contributed by atoms with Crippen LogP contribution in [0.2, 0.25) is 0 Å². The molecule has 0 spiro atoms. The minimum absolute atomic E-state index is 0.0799. The van der Waals surface area contributed by atoms with Crippen molar-refractivity contribution in [2.75, 3.05) is 17.8 Å². The van der Waals surface area contributed by atoms with E-state index in [2.05, 4.69) is 0 Å². The molecule has 3 rings (SSSR count). The number of amides is 1. The average molecular weight is 385 g/mol. The zero-order valence-electron chi connectivity index (χ0n) is 15.2. The molecule has 0 bridgehead atoms. The van der Waals surface area contributed by atoms with Crippen LogP contribution in [0.4, 0.5) is 5.69 Å². The van der Waals surface area contributed by atoms with Gasteiger partial charge in [0, 0.05) is 17.5 Å². The second-order valence-electron chi connectivity index (χ2n) is 6.53. The number of sulfone groups is 1. The Morgan fingerprint density at radius 1 is 1.11 bits per heavy atom. The number of ether oxygens (including phenoxy) is 1. The lowest BCUT2D eigenvalue weighted by atomic mass is 10.1. The van der Waals surface area contributed by atoms with Crippen molar-refractivity contribution in [3.05, 3.63) is 71.6 Å². The number of carbonyl (C=O) groups excluding carboxylic acids is 1. The number of methoxy groups -OCH3 is 1. The molecule has 5 nitrogen and oxygen atoms in total. The van der Waals surface area contributed by atoms with Crippen molar-refractivity contribution in [2.24, 2.45) is 0 Å². The highest BCUT2D eigenvalue weighted by molar-refractivity contribution is 7.94. The first kappa shape index (κ1) is 19.2. The van der Waals surface area contributed by atoms with E-state index in [1.807, 2.05) is 30.3 Å². The van der Waals surface area contributed by atoms with Crippen LogP contribution in [0.3, 0.4) is 0 Å². The Bertz CT molecular complexity index is 905. The van der Waals surface area contributed by atoms with Crippen LogP contribution >= 0.6 is 0 Å². The van der Waals surface area contributed by atoms with Crippen molar-refractivity contribution >= 4 is 21.4 Å². The number of benzene rings is 2. The molecule has 1 atom stereocenters. The molecule has 0 saturated heterocycles. The first-order chi connectivity index (χ1) is 13.0. The molecule has 2 aromatic rings. The number of aryl methyl sites for hydroxylation is 1. The largest absolute Gasteiger partial charge is 0.497 e. The van der Waals surface area contributed by atoms with Crippen LogP contribution in [-0.2, 0) is 21.1 Å². The highest BCUT2D eigenvalue weighted by Gasteiger charge is 2.31. The van der Waals surface area contributed by atoms with E-state index in [-0.39, 0.29) is 11.7 Å². The monoisotopic (exact) mass is 385 g/mol. The van der Waals surface area contributed by atoms with Crippen molar-refractivity contribution in [2.45, 2.75) is 25.3 Å². The minimum Gasteiger partial charge on any atom is -0.497 e. The van der Waals surface area contributed by atoms with Crippen LogP contribution in [0.1, 0.15) is 18.4 Å². The Labute approximate surface area is 160 Å². The fraction of sp³-hybridized carbons (Fsp3) is 0.286. The van der Waals surface area contributed by atoms with Crippen LogP contribution in [0, 0.1) is 0 Å². The minimum atomic E-state index is -3.26. The lowest BCUT2D eigenvalue weighted by molar-refractivity contribution is -0.118. The summed E-state index contributed by atoms with van der Waals surface area (Å²) in [5, 5.41) is 1.20. The van der Waals surface area contributed by atoms with Crippen molar-refractivity contribution in [1.29, 1.82) is 0 Å². The molecular formula is C21H23NO4S. The number of anilines is 1. The Morgan fingerprint density at radius 2 is 1.81 bits per heavy atom. The van der Waals surface area contributed by atoms with Gasteiger partial charge in [-0.2, -0.15) is 0 Å². The van der Waals surface area contributed by atoms with E-state index in [0.29, 0.717) is 24.3 Å². The molecule has 1 heterocycles. The van der Waals surface area contributed by atoms with E-state index >= 15 is 0 Å². The van der Waals surface area contributed by atoms with E-state index in [1.165, 1.54) is 11.0 Å². The number of carbonyl (C=O) groups is 1. The highest BCUT2D eigenvalue weighted by atomic mass is 32.2. The van der Waals surface area contributed by atoms with Crippen molar-refractivity contribution < 1.29 is 17.9 Å². The van der Waals surface area contributed by atoms with Gasteiger partial charge in [0.2, 0.25) is 5.91 Å². The van der Waals surface area contributed by atoms with Crippen molar-refractivity contribution in [3.63, 3.8) is 0 Å². The Hall–Kier alpha value is -2.60. The van der Waals surface area contributed by atoms with Crippen LogP contribution in [-0.4, -0.2) is 33.2 Å². The number of rotatable bonds is 7. The van der Waals surface area contributed by atoms with E-state index in [0.717, 1.165) is 6.42 Å². The fourth-order valence-corrected chi connectivity index (χ4v) is 4.46. The third kappa shape index (κ3) is 4.98. The first-order valence-electron chi connectivity index (χ1n) is 8.89. The van der Waals surface area contributed by atoms with Gasteiger partial charge in [0.15, 0.2) is 9.84 Å². The van der Waals surface area contributed by atoms with Gasteiger partial charge in [0.25, 0.3) is 0 Å². The van der Waals surface area contributed by atoms with E-state index in [1.54, 1.807) is 42.4 Å². The van der Waals surface area contributed by atoms with Crippen molar-refractivity contribution in [3.8, 4) is 5.75 Å². The molecule has 6 heteroatoms. The number of nitrogens with zero attached hydrogens (tertiary/aromatic N) is 1. The molecule has 1 amide bonds. The maximum Gasteiger partial charge on any atom is 0.227 e. The smallest absolute Gasteiger partial charge is 0.227 e. The maximum absolute atomic E-state index is 13.0. The highest BCUT2D eigenvalue weighted by Crippen LogP contribution is 2.26. The molecule has 0 fully saturated rings. The van der Waals surface area contributed by atoms with Crippen LogP contribution in [0.15, 0.2) is 66.1 Å². The van der Waals surface area contributed by atoms with Crippen LogP contribution < -0.4 is 9.64 Å². The fourth-order valence-electron chi connectivity index (χ4n) is 3.19. The second kappa shape index (κ2) is 8.39. The van der Waals surface area contributed by atoms with E-state index in [4.69, 9.17) is 4.74 Å². The molecule has 0 radical (unpaired) electrons. The molecule has 1 unspecified atom stereocenters. The lowest BCUT2D eigenvalue weighted by Gasteiger charge is -2.28. The summed E-state index contributed by atoms with van der Waals surface area (Å²) in [5.41, 5.74) is 1.86. The SMILES string of the molecule is COc1ccc(N(C(=O)CCCc2ccccc2)C2C=CS(=O)(=O)C2)cc1. The Kier molecular flexibility index (Phi) is 5.96. The zero-order chi connectivity index (χ0) is 19.3. The molecule has 0 aliphatic carbocycles. The number of hydrogen-bond acceptors (Lipinski definition) is 4. The van der Waals surface area contributed by atoms with E-state index < -0.39 is 15.9 Å². The number of hydrogen-bond donors (Lipinski definition) is 0. The molecular weight excluding hydrogens is 362 g/mol. The normalized spacial score (nSPS) is 17.6. The first-order valence-corrected chi connectivity index (χ1v) is 10.6. The molecule has 142 valence electrons. The summed E-state index contributed by atoms with van der Waals surface area (Å²) >= 11 is 0.